The third kappa shape index (κ3) is 8.99. The van der Waals surface area contributed by atoms with E-state index in [4.69, 9.17) is 15.0 Å². The summed E-state index contributed by atoms with van der Waals surface area (Å²) in [6.45, 7) is 0. The lowest BCUT2D eigenvalue weighted by Gasteiger charge is -2.05. The highest BCUT2D eigenvalue weighted by Gasteiger charge is 1.95. The SMILES string of the molecule is C1CCC1.O=C(O)O. The Hall–Kier alpha value is -0.730. The molecule has 48 valence electrons. The van der Waals surface area contributed by atoms with Crippen molar-refractivity contribution in [2.24, 2.45) is 0 Å². The molecule has 0 unspecified atom stereocenters. The molecule has 0 atom stereocenters. The van der Waals surface area contributed by atoms with Gasteiger partial charge in [0, 0.05) is 0 Å². The molecule has 0 amide bonds. The molecule has 0 aromatic rings. The van der Waals surface area contributed by atoms with Gasteiger partial charge in [0.25, 0.3) is 0 Å². The first-order valence-corrected chi connectivity index (χ1v) is 2.65. The third-order valence-corrected chi connectivity index (χ3v) is 1.000. The van der Waals surface area contributed by atoms with Crippen LogP contribution in [-0.2, 0) is 0 Å². The highest BCUT2D eigenvalue weighted by Crippen LogP contribution is 2.15. The van der Waals surface area contributed by atoms with Crippen molar-refractivity contribution < 1.29 is 15.0 Å². The molecule has 0 spiro atoms. The van der Waals surface area contributed by atoms with Crippen molar-refractivity contribution in [2.45, 2.75) is 25.7 Å². The monoisotopic (exact) mass is 118 g/mol. The second kappa shape index (κ2) is 4.43. The standard InChI is InChI=1S/C4H8.CH2O3/c1-2-4-3-1;2-1(3)4/h1-4H2;(H2,2,3,4). The summed E-state index contributed by atoms with van der Waals surface area (Å²) in [6.07, 6.45) is 4.17. The van der Waals surface area contributed by atoms with Gasteiger partial charge in [-0.1, -0.05) is 25.7 Å². The minimum absolute atomic E-state index is 1.50. The van der Waals surface area contributed by atoms with Gasteiger partial charge in [0.05, 0.1) is 0 Å². The molecule has 1 aliphatic rings. The van der Waals surface area contributed by atoms with Crippen LogP contribution in [0.3, 0.4) is 0 Å². The third-order valence-electron chi connectivity index (χ3n) is 1.000. The fraction of sp³-hybridized carbons (Fsp3) is 0.800. The van der Waals surface area contributed by atoms with E-state index in [2.05, 4.69) is 0 Å². The molecule has 1 saturated carbocycles. The number of hydrogen-bond acceptors (Lipinski definition) is 1. The van der Waals surface area contributed by atoms with E-state index in [-0.39, 0.29) is 0 Å². The topological polar surface area (TPSA) is 57.5 Å². The van der Waals surface area contributed by atoms with Crippen LogP contribution in [0.2, 0.25) is 0 Å². The Balaban J connectivity index is 0.000000122. The van der Waals surface area contributed by atoms with Gasteiger partial charge in [-0.3, -0.25) is 0 Å². The second-order valence-electron chi connectivity index (χ2n) is 1.70. The van der Waals surface area contributed by atoms with E-state index in [1.807, 2.05) is 0 Å². The van der Waals surface area contributed by atoms with Crippen LogP contribution in [0.25, 0.3) is 0 Å². The van der Waals surface area contributed by atoms with Crippen LogP contribution >= 0.6 is 0 Å². The first kappa shape index (κ1) is 7.27. The van der Waals surface area contributed by atoms with E-state index >= 15 is 0 Å². The Morgan fingerprint density at radius 1 is 1.00 bits per heavy atom. The maximum atomic E-state index is 8.56. The van der Waals surface area contributed by atoms with Crippen LogP contribution in [-0.4, -0.2) is 16.4 Å². The molecule has 2 N–H and O–H groups in total. The van der Waals surface area contributed by atoms with Crippen molar-refractivity contribution in [3.05, 3.63) is 0 Å². The van der Waals surface area contributed by atoms with E-state index in [0.717, 1.165) is 0 Å². The van der Waals surface area contributed by atoms with Crippen molar-refractivity contribution in [3.8, 4) is 0 Å². The normalized spacial score (nSPS) is 15.0. The summed E-state index contributed by atoms with van der Waals surface area (Å²) in [5, 5.41) is 13.9. The van der Waals surface area contributed by atoms with Crippen LogP contribution in [0.15, 0.2) is 0 Å². The molecular formula is C5H10O3. The maximum absolute atomic E-state index is 8.56. The zero-order valence-corrected chi connectivity index (χ0v) is 4.63. The van der Waals surface area contributed by atoms with Gasteiger partial charge >= 0.3 is 6.16 Å². The number of carboxylic acid groups (broad SMARTS) is 2. The minimum atomic E-state index is -1.83. The van der Waals surface area contributed by atoms with Crippen LogP contribution in [0.4, 0.5) is 4.79 Å². The second-order valence-corrected chi connectivity index (χ2v) is 1.70. The molecule has 0 heterocycles. The Morgan fingerprint density at radius 3 is 1.12 bits per heavy atom. The Morgan fingerprint density at radius 2 is 1.12 bits per heavy atom. The highest BCUT2D eigenvalue weighted by atomic mass is 16.6. The zero-order chi connectivity index (χ0) is 6.41. The van der Waals surface area contributed by atoms with Crippen LogP contribution in [0.5, 0.6) is 0 Å². The first-order chi connectivity index (χ1) is 3.73. The van der Waals surface area contributed by atoms with Crippen molar-refractivity contribution in [1.82, 2.24) is 0 Å². The summed E-state index contributed by atoms with van der Waals surface area (Å²) in [5.41, 5.74) is 0. The van der Waals surface area contributed by atoms with E-state index in [1.165, 1.54) is 25.7 Å². The summed E-state index contributed by atoms with van der Waals surface area (Å²) >= 11 is 0. The molecule has 0 aliphatic heterocycles. The maximum Gasteiger partial charge on any atom is 0.503 e. The van der Waals surface area contributed by atoms with Crippen molar-refractivity contribution in [2.75, 3.05) is 0 Å². The molecule has 3 heteroatoms. The van der Waals surface area contributed by atoms with Gasteiger partial charge in [0.1, 0.15) is 0 Å². The average Bonchev–Trinajstić information content (AvgIpc) is 1.19. The fourth-order valence-corrected chi connectivity index (χ4v) is 0.250. The van der Waals surface area contributed by atoms with Gasteiger partial charge in [-0.15, -0.1) is 0 Å². The van der Waals surface area contributed by atoms with Gasteiger partial charge in [-0.05, 0) is 0 Å². The Kier molecular flexibility index (Phi) is 4.03. The molecular weight excluding hydrogens is 108 g/mol. The lowest BCUT2D eigenvalue weighted by molar-refractivity contribution is 0.137. The van der Waals surface area contributed by atoms with E-state index in [0.29, 0.717) is 0 Å². The van der Waals surface area contributed by atoms with E-state index in [9.17, 15) is 0 Å². The molecule has 1 fully saturated rings. The average molecular weight is 118 g/mol. The molecule has 1 aliphatic carbocycles. The molecule has 0 radical (unpaired) electrons. The molecule has 1 rings (SSSR count). The molecule has 0 aromatic heterocycles. The predicted molar refractivity (Wildman–Crippen MR) is 29.1 cm³/mol. The number of hydrogen-bond donors (Lipinski definition) is 2. The molecule has 8 heavy (non-hydrogen) atoms. The van der Waals surface area contributed by atoms with Gasteiger partial charge in [0.2, 0.25) is 0 Å². The first-order valence-electron chi connectivity index (χ1n) is 2.65. The van der Waals surface area contributed by atoms with E-state index in [1.54, 1.807) is 0 Å². The van der Waals surface area contributed by atoms with Gasteiger partial charge in [0.15, 0.2) is 0 Å². The molecule has 0 aromatic carbocycles. The van der Waals surface area contributed by atoms with Crippen molar-refractivity contribution in [3.63, 3.8) is 0 Å². The minimum Gasteiger partial charge on any atom is -0.450 e. The smallest absolute Gasteiger partial charge is 0.450 e. The summed E-state index contributed by atoms with van der Waals surface area (Å²) in [5.74, 6) is 0. The van der Waals surface area contributed by atoms with Crippen molar-refractivity contribution in [1.29, 1.82) is 0 Å². The Labute approximate surface area is 47.9 Å². The van der Waals surface area contributed by atoms with Crippen LogP contribution in [0.1, 0.15) is 25.7 Å². The largest absolute Gasteiger partial charge is 0.503 e. The predicted octanol–water partition coefficient (Wildman–Crippen LogP) is 1.78. The lowest BCUT2D eigenvalue weighted by atomic mass is 10.0. The van der Waals surface area contributed by atoms with Crippen LogP contribution < -0.4 is 0 Å². The summed E-state index contributed by atoms with van der Waals surface area (Å²) in [6, 6.07) is 0. The highest BCUT2D eigenvalue weighted by molar-refractivity contribution is 5.53. The summed E-state index contributed by atoms with van der Waals surface area (Å²) in [7, 11) is 0. The zero-order valence-electron chi connectivity index (χ0n) is 4.63. The molecule has 0 saturated heterocycles. The number of rotatable bonds is 0. The van der Waals surface area contributed by atoms with Gasteiger partial charge in [-0.25, -0.2) is 4.79 Å². The van der Waals surface area contributed by atoms with E-state index < -0.39 is 6.16 Å². The van der Waals surface area contributed by atoms with Gasteiger partial charge < -0.3 is 10.2 Å². The fourth-order valence-electron chi connectivity index (χ4n) is 0.250. The quantitative estimate of drug-likeness (QED) is 0.509. The Bertz CT molecular complexity index is 58.1. The lowest BCUT2D eigenvalue weighted by Crippen LogP contribution is -1.85. The van der Waals surface area contributed by atoms with Gasteiger partial charge in [-0.2, -0.15) is 0 Å². The number of carbonyl (C=O) groups is 1. The molecule has 0 bridgehead atoms. The summed E-state index contributed by atoms with van der Waals surface area (Å²) < 4.78 is 0. The summed E-state index contributed by atoms with van der Waals surface area (Å²) in [4.78, 5) is 8.56. The molecule has 3 nitrogen and oxygen atoms in total. The van der Waals surface area contributed by atoms with Crippen LogP contribution in [0, 0.1) is 0 Å². The van der Waals surface area contributed by atoms with Crippen molar-refractivity contribution >= 4 is 6.16 Å².